The maximum atomic E-state index is 9.34. The first kappa shape index (κ1) is 16.6. The lowest BCUT2D eigenvalue weighted by Crippen LogP contribution is -3.07. The van der Waals surface area contributed by atoms with Gasteiger partial charge in [0.05, 0.1) is 25.7 Å². The normalized spacial score (nSPS) is 22.9. The summed E-state index contributed by atoms with van der Waals surface area (Å²) < 4.78 is 0. The molecule has 1 aliphatic heterocycles. The van der Waals surface area contributed by atoms with Crippen LogP contribution in [0.3, 0.4) is 0 Å². The molecule has 1 saturated heterocycles. The van der Waals surface area contributed by atoms with Crippen molar-refractivity contribution in [2.24, 2.45) is 0 Å². The van der Waals surface area contributed by atoms with Crippen LogP contribution >= 0.6 is 0 Å². The molecule has 2 unspecified atom stereocenters. The number of rotatable bonds is 2. The second-order valence-corrected chi connectivity index (χ2v) is 5.46. The largest absolute Gasteiger partial charge is 0.547 e. The zero-order valence-corrected chi connectivity index (χ0v) is 12.6. The molecular weight excluding hydrogens is 256 g/mol. The Labute approximate surface area is 120 Å². The van der Waals surface area contributed by atoms with Crippen molar-refractivity contribution in [3.05, 3.63) is 29.1 Å². The molecule has 1 aromatic heterocycles. The predicted molar refractivity (Wildman–Crippen MR) is 74.1 cm³/mol. The Kier molecular flexibility index (Phi) is 6.10. The molecule has 2 rings (SSSR count). The smallest absolute Gasteiger partial charge is 0.115 e. The number of hydrogen-bond donors (Lipinski definition) is 2. The van der Waals surface area contributed by atoms with Gasteiger partial charge in [0.1, 0.15) is 6.04 Å². The van der Waals surface area contributed by atoms with E-state index in [4.69, 9.17) is 5.11 Å². The Morgan fingerprint density at radius 1 is 1.55 bits per heavy atom. The van der Waals surface area contributed by atoms with Crippen molar-refractivity contribution in [3.8, 4) is 0 Å². The molecule has 5 heteroatoms. The Morgan fingerprint density at radius 2 is 2.15 bits per heavy atom. The summed E-state index contributed by atoms with van der Waals surface area (Å²) in [5, 5.41) is 17.3. The number of nitrogens with zero attached hydrogens (tertiary/aromatic N) is 1. The van der Waals surface area contributed by atoms with Crippen LogP contribution in [0.5, 0.6) is 0 Å². The minimum Gasteiger partial charge on any atom is -0.547 e. The van der Waals surface area contributed by atoms with Crippen LogP contribution in [0.25, 0.3) is 0 Å². The Bertz CT molecular complexity index is 460. The van der Waals surface area contributed by atoms with Crippen LogP contribution in [0.2, 0.25) is 0 Å². The van der Waals surface area contributed by atoms with Gasteiger partial charge in [-0.25, -0.2) is 0 Å². The number of aryl methyl sites for hydroxylation is 2. The topological polar surface area (TPSA) is 77.7 Å². The minimum absolute atomic E-state index is 0.682. The first-order valence-electron chi connectivity index (χ1n) is 6.97. The highest BCUT2D eigenvalue weighted by molar-refractivity contribution is 5.68. The van der Waals surface area contributed by atoms with E-state index in [9.17, 15) is 9.90 Å². The number of aliphatic hydroxyl groups excluding tert-OH is 1. The molecule has 2 heterocycles. The van der Waals surface area contributed by atoms with Gasteiger partial charge in [0.2, 0.25) is 0 Å². The molecule has 0 aromatic carbocycles. The lowest BCUT2D eigenvalue weighted by atomic mass is 10.0. The van der Waals surface area contributed by atoms with E-state index in [1.807, 2.05) is 0 Å². The minimum atomic E-state index is -1.44. The number of carbonyl (C=O) groups is 1. The van der Waals surface area contributed by atoms with E-state index in [0.29, 0.717) is 6.04 Å². The molecule has 1 aromatic rings. The van der Waals surface area contributed by atoms with Crippen LogP contribution in [-0.2, 0) is 4.79 Å². The summed E-state index contributed by atoms with van der Waals surface area (Å²) in [7, 11) is 2.28. The quantitative estimate of drug-likeness (QED) is 0.741. The second kappa shape index (κ2) is 7.36. The van der Waals surface area contributed by atoms with Gasteiger partial charge in [-0.3, -0.25) is 4.98 Å². The van der Waals surface area contributed by atoms with Gasteiger partial charge in [-0.2, -0.15) is 0 Å². The standard InChI is InChI=1S/C12H18N2.C3H6O3/c1-9-7-11(8-13-10(9)2)12-5-4-6-14(12)3;1-2(4)3(5)6/h7-8,12H,4-6H2,1-3H3;2,4H,1H3,(H,5,6)/t12-;/m0./s1. The van der Waals surface area contributed by atoms with Gasteiger partial charge in [0.25, 0.3) is 0 Å². The highest BCUT2D eigenvalue weighted by atomic mass is 16.4. The molecular formula is C15H24N2O3. The van der Waals surface area contributed by atoms with Crippen molar-refractivity contribution in [1.82, 2.24) is 4.98 Å². The van der Waals surface area contributed by atoms with Crippen molar-refractivity contribution >= 4 is 5.97 Å². The SMILES string of the molecule is CC(O)C(=O)[O-].Cc1cc([C@@H]2CCC[NH+]2C)cnc1C. The first-order valence-corrected chi connectivity index (χ1v) is 6.97. The van der Waals surface area contributed by atoms with Gasteiger partial charge in [0, 0.05) is 30.3 Å². The Morgan fingerprint density at radius 3 is 2.55 bits per heavy atom. The van der Waals surface area contributed by atoms with Gasteiger partial charge in [-0.15, -0.1) is 0 Å². The summed E-state index contributed by atoms with van der Waals surface area (Å²) in [4.78, 5) is 15.4. The fourth-order valence-corrected chi connectivity index (χ4v) is 2.31. The summed E-state index contributed by atoms with van der Waals surface area (Å²) in [6.07, 6.45) is 3.38. The van der Waals surface area contributed by atoms with E-state index >= 15 is 0 Å². The lowest BCUT2D eigenvalue weighted by molar-refractivity contribution is -0.898. The van der Waals surface area contributed by atoms with Crippen LogP contribution in [0.15, 0.2) is 12.3 Å². The van der Waals surface area contributed by atoms with E-state index in [2.05, 4.69) is 38.1 Å². The lowest BCUT2D eigenvalue weighted by Gasteiger charge is -2.17. The molecule has 0 aliphatic carbocycles. The highest BCUT2D eigenvalue weighted by Crippen LogP contribution is 2.19. The Balaban J connectivity index is 0.000000286. The van der Waals surface area contributed by atoms with Gasteiger partial charge >= 0.3 is 0 Å². The van der Waals surface area contributed by atoms with Gasteiger partial charge in [-0.05, 0) is 32.4 Å². The fraction of sp³-hybridized carbons (Fsp3) is 0.600. The second-order valence-electron chi connectivity index (χ2n) is 5.46. The molecule has 2 N–H and O–H groups in total. The summed E-state index contributed by atoms with van der Waals surface area (Å²) in [6, 6.07) is 2.99. The number of hydrogen-bond acceptors (Lipinski definition) is 4. The van der Waals surface area contributed by atoms with E-state index in [0.717, 1.165) is 12.6 Å². The number of carboxylic acid groups (broad SMARTS) is 1. The molecule has 0 bridgehead atoms. The molecule has 3 atom stereocenters. The van der Waals surface area contributed by atoms with Crippen molar-refractivity contribution in [2.45, 2.75) is 45.8 Å². The zero-order chi connectivity index (χ0) is 15.3. The molecule has 5 nitrogen and oxygen atoms in total. The van der Waals surface area contributed by atoms with Gasteiger partial charge in [-0.1, -0.05) is 0 Å². The van der Waals surface area contributed by atoms with Gasteiger partial charge in [0.15, 0.2) is 0 Å². The average Bonchev–Trinajstić information content (AvgIpc) is 2.80. The maximum absolute atomic E-state index is 9.34. The van der Waals surface area contributed by atoms with Crippen molar-refractivity contribution in [2.75, 3.05) is 13.6 Å². The number of aromatic nitrogens is 1. The third kappa shape index (κ3) is 4.58. The number of carboxylic acids is 1. The van der Waals surface area contributed by atoms with Crippen LogP contribution in [-0.4, -0.2) is 35.8 Å². The molecule has 1 aliphatic rings. The van der Waals surface area contributed by atoms with E-state index < -0.39 is 12.1 Å². The number of aliphatic hydroxyl groups is 1. The number of quaternary nitrogens is 1. The van der Waals surface area contributed by atoms with E-state index in [1.165, 1.54) is 30.5 Å². The fourth-order valence-electron chi connectivity index (χ4n) is 2.31. The van der Waals surface area contributed by atoms with Crippen molar-refractivity contribution in [1.29, 1.82) is 0 Å². The Hall–Kier alpha value is -1.46. The molecule has 0 saturated carbocycles. The molecule has 112 valence electrons. The third-order valence-electron chi connectivity index (χ3n) is 3.76. The molecule has 0 amide bonds. The monoisotopic (exact) mass is 280 g/mol. The summed E-state index contributed by atoms with van der Waals surface area (Å²) in [6.45, 7) is 6.66. The zero-order valence-electron chi connectivity index (χ0n) is 12.6. The molecule has 1 fully saturated rings. The van der Waals surface area contributed by atoms with Crippen molar-refractivity contribution < 1.29 is 19.9 Å². The summed E-state index contributed by atoms with van der Waals surface area (Å²) in [5.74, 6) is -1.44. The van der Waals surface area contributed by atoms with Gasteiger partial charge < -0.3 is 19.9 Å². The van der Waals surface area contributed by atoms with E-state index in [-0.39, 0.29) is 0 Å². The average molecular weight is 280 g/mol. The third-order valence-corrected chi connectivity index (χ3v) is 3.76. The van der Waals surface area contributed by atoms with Crippen LogP contribution < -0.4 is 10.0 Å². The first-order chi connectivity index (χ1) is 9.32. The number of pyridine rings is 1. The maximum Gasteiger partial charge on any atom is 0.115 e. The van der Waals surface area contributed by atoms with Crippen LogP contribution in [0.1, 0.15) is 42.6 Å². The molecule has 20 heavy (non-hydrogen) atoms. The van der Waals surface area contributed by atoms with Crippen LogP contribution in [0.4, 0.5) is 0 Å². The van der Waals surface area contributed by atoms with Crippen LogP contribution in [0, 0.1) is 13.8 Å². The number of aliphatic carboxylic acids is 1. The highest BCUT2D eigenvalue weighted by Gasteiger charge is 2.26. The van der Waals surface area contributed by atoms with Crippen molar-refractivity contribution in [3.63, 3.8) is 0 Å². The van der Waals surface area contributed by atoms with E-state index in [1.54, 1.807) is 4.90 Å². The molecule has 0 radical (unpaired) electrons. The number of carbonyl (C=O) groups excluding carboxylic acids is 1. The molecule has 0 spiro atoms. The summed E-state index contributed by atoms with van der Waals surface area (Å²) >= 11 is 0. The number of likely N-dealkylation sites (tertiary alicyclic amines) is 1. The predicted octanol–water partition coefficient (Wildman–Crippen LogP) is -0.835. The number of nitrogens with one attached hydrogen (secondary N) is 1. The summed E-state index contributed by atoms with van der Waals surface area (Å²) in [5.41, 5.74) is 3.90.